The number of alkyl halides is 1. The minimum absolute atomic E-state index is 0.202. The summed E-state index contributed by atoms with van der Waals surface area (Å²) in [4.78, 5) is 16.2. The third kappa shape index (κ3) is 2.95. The maximum absolute atomic E-state index is 11.9. The van der Waals surface area contributed by atoms with E-state index in [-0.39, 0.29) is 5.91 Å². The van der Waals surface area contributed by atoms with Crippen molar-refractivity contribution >= 4 is 21.8 Å². The van der Waals surface area contributed by atoms with E-state index in [0.29, 0.717) is 0 Å². The van der Waals surface area contributed by atoms with Crippen LogP contribution < -0.4 is 0 Å². The molecule has 4 heteroatoms. The second kappa shape index (κ2) is 4.62. The molecule has 1 aliphatic rings. The van der Waals surface area contributed by atoms with E-state index in [1.165, 1.54) is 0 Å². The van der Waals surface area contributed by atoms with E-state index < -0.39 is 4.32 Å². The molecule has 1 rings (SSSR count). The SMILES string of the molecule is CCN1CCN(C(=O)C(C)(C)Br)CC1. The fraction of sp³-hybridized carbons (Fsp3) is 0.900. The third-order valence-corrected chi connectivity index (χ3v) is 2.95. The van der Waals surface area contributed by atoms with Crippen molar-refractivity contribution in [2.45, 2.75) is 25.1 Å². The Hall–Kier alpha value is -0.0900. The molecule has 3 nitrogen and oxygen atoms in total. The molecule has 0 radical (unpaired) electrons. The molecule has 0 N–H and O–H groups in total. The monoisotopic (exact) mass is 262 g/mol. The number of piperazine rings is 1. The first kappa shape index (κ1) is 12.0. The Morgan fingerprint density at radius 1 is 1.29 bits per heavy atom. The number of amides is 1. The lowest BCUT2D eigenvalue weighted by Gasteiger charge is -2.36. The van der Waals surface area contributed by atoms with E-state index >= 15 is 0 Å². The number of carbonyl (C=O) groups excluding carboxylic acids is 1. The quantitative estimate of drug-likeness (QED) is 0.702. The van der Waals surface area contributed by atoms with Gasteiger partial charge in [0.25, 0.3) is 0 Å². The summed E-state index contributed by atoms with van der Waals surface area (Å²) in [5.74, 6) is 0.202. The van der Waals surface area contributed by atoms with E-state index in [4.69, 9.17) is 0 Å². The molecule has 14 heavy (non-hydrogen) atoms. The van der Waals surface area contributed by atoms with E-state index in [2.05, 4.69) is 27.8 Å². The standard InChI is InChI=1S/C10H19BrN2O/c1-4-12-5-7-13(8-6-12)9(14)10(2,3)11/h4-8H2,1-3H3. The number of rotatable bonds is 2. The zero-order valence-corrected chi connectivity index (χ0v) is 10.8. The van der Waals surface area contributed by atoms with Gasteiger partial charge in [-0.25, -0.2) is 0 Å². The van der Waals surface area contributed by atoms with Crippen LogP contribution in [0, 0.1) is 0 Å². The number of nitrogens with zero attached hydrogens (tertiary/aromatic N) is 2. The molecule has 0 unspecified atom stereocenters. The van der Waals surface area contributed by atoms with Crippen LogP contribution in [-0.4, -0.2) is 52.8 Å². The minimum Gasteiger partial charge on any atom is -0.339 e. The zero-order chi connectivity index (χ0) is 10.8. The van der Waals surface area contributed by atoms with Crippen LogP contribution in [0.3, 0.4) is 0 Å². The normalized spacial score (nSPS) is 19.9. The average Bonchev–Trinajstić information content (AvgIpc) is 2.15. The Bertz CT molecular complexity index is 205. The largest absolute Gasteiger partial charge is 0.339 e. The Labute approximate surface area is 94.6 Å². The molecule has 1 heterocycles. The van der Waals surface area contributed by atoms with Gasteiger partial charge in [-0.2, -0.15) is 0 Å². The van der Waals surface area contributed by atoms with E-state index in [9.17, 15) is 4.79 Å². The molecule has 1 saturated heterocycles. The third-order valence-electron chi connectivity index (χ3n) is 2.62. The molecule has 0 aliphatic carbocycles. The maximum atomic E-state index is 11.9. The first-order valence-corrected chi connectivity index (χ1v) is 5.95. The molecule has 1 aliphatic heterocycles. The number of likely N-dealkylation sites (N-methyl/N-ethyl adjacent to an activating group) is 1. The number of halogens is 1. The highest BCUT2D eigenvalue weighted by Gasteiger charge is 2.30. The van der Waals surface area contributed by atoms with Gasteiger partial charge in [0.2, 0.25) is 5.91 Å². The molecule has 0 bridgehead atoms. The van der Waals surface area contributed by atoms with Crippen molar-refractivity contribution in [1.29, 1.82) is 0 Å². The summed E-state index contributed by atoms with van der Waals surface area (Å²) in [6, 6.07) is 0. The second-order valence-electron chi connectivity index (χ2n) is 4.20. The fourth-order valence-electron chi connectivity index (χ4n) is 1.64. The predicted octanol–water partition coefficient (Wildman–Crippen LogP) is 1.32. The lowest BCUT2D eigenvalue weighted by molar-refractivity contribution is -0.134. The van der Waals surface area contributed by atoms with Crippen molar-refractivity contribution in [3.8, 4) is 0 Å². The summed E-state index contributed by atoms with van der Waals surface area (Å²) in [7, 11) is 0. The molecule has 1 fully saturated rings. The highest BCUT2D eigenvalue weighted by Crippen LogP contribution is 2.20. The van der Waals surface area contributed by atoms with Gasteiger partial charge in [0.05, 0.1) is 4.32 Å². The lowest BCUT2D eigenvalue weighted by Crippen LogP contribution is -2.52. The van der Waals surface area contributed by atoms with Crippen molar-refractivity contribution in [1.82, 2.24) is 9.80 Å². The number of carbonyl (C=O) groups is 1. The van der Waals surface area contributed by atoms with Crippen LogP contribution in [-0.2, 0) is 4.79 Å². The van der Waals surface area contributed by atoms with Gasteiger partial charge in [0.1, 0.15) is 0 Å². The summed E-state index contributed by atoms with van der Waals surface area (Å²) >= 11 is 3.41. The zero-order valence-electron chi connectivity index (χ0n) is 9.22. The van der Waals surface area contributed by atoms with Gasteiger partial charge in [-0.1, -0.05) is 22.9 Å². The Kier molecular flexibility index (Phi) is 3.95. The lowest BCUT2D eigenvalue weighted by atomic mass is 10.1. The highest BCUT2D eigenvalue weighted by molar-refractivity contribution is 9.10. The van der Waals surface area contributed by atoms with Gasteiger partial charge < -0.3 is 9.80 Å². The summed E-state index contributed by atoms with van der Waals surface area (Å²) < 4.78 is -0.415. The molecule has 0 aromatic carbocycles. The van der Waals surface area contributed by atoms with Crippen molar-refractivity contribution in [2.75, 3.05) is 32.7 Å². The second-order valence-corrected chi connectivity index (χ2v) is 6.18. The summed E-state index contributed by atoms with van der Waals surface area (Å²) in [6.07, 6.45) is 0. The summed E-state index contributed by atoms with van der Waals surface area (Å²) in [5, 5.41) is 0. The smallest absolute Gasteiger partial charge is 0.238 e. The van der Waals surface area contributed by atoms with Gasteiger partial charge in [-0.15, -0.1) is 0 Å². The van der Waals surface area contributed by atoms with Crippen LogP contribution in [0.25, 0.3) is 0 Å². The van der Waals surface area contributed by atoms with Crippen LogP contribution in [0.5, 0.6) is 0 Å². The highest BCUT2D eigenvalue weighted by atomic mass is 79.9. The van der Waals surface area contributed by atoms with Crippen LogP contribution in [0.4, 0.5) is 0 Å². The van der Waals surface area contributed by atoms with Crippen molar-refractivity contribution in [2.24, 2.45) is 0 Å². The fourth-order valence-corrected chi connectivity index (χ4v) is 1.89. The molecule has 0 saturated carbocycles. The van der Waals surface area contributed by atoms with Gasteiger partial charge in [0, 0.05) is 26.2 Å². The molecule has 0 spiro atoms. The van der Waals surface area contributed by atoms with E-state index in [1.807, 2.05) is 18.7 Å². The maximum Gasteiger partial charge on any atom is 0.238 e. The number of hydrogen-bond acceptors (Lipinski definition) is 2. The predicted molar refractivity (Wildman–Crippen MR) is 61.7 cm³/mol. The summed E-state index contributed by atoms with van der Waals surface area (Å²) in [5.41, 5.74) is 0. The Morgan fingerprint density at radius 2 is 1.79 bits per heavy atom. The average molecular weight is 263 g/mol. The Morgan fingerprint density at radius 3 is 2.14 bits per heavy atom. The first-order valence-electron chi connectivity index (χ1n) is 5.15. The van der Waals surface area contributed by atoms with Gasteiger partial charge in [-0.3, -0.25) is 4.79 Å². The molecule has 0 atom stereocenters. The van der Waals surface area contributed by atoms with Crippen LogP contribution in [0.1, 0.15) is 20.8 Å². The topological polar surface area (TPSA) is 23.6 Å². The molecular weight excluding hydrogens is 244 g/mol. The van der Waals surface area contributed by atoms with Crippen molar-refractivity contribution in [3.05, 3.63) is 0 Å². The number of hydrogen-bond donors (Lipinski definition) is 0. The van der Waals surface area contributed by atoms with Gasteiger partial charge >= 0.3 is 0 Å². The first-order chi connectivity index (χ1) is 6.45. The van der Waals surface area contributed by atoms with Gasteiger partial charge in [0.15, 0.2) is 0 Å². The summed E-state index contributed by atoms with van der Waals surface area (Å²) in [6.45, 7) is 10.8. The van der Waals surface area contributed by atoms with Crippen LogP contribution >= 0.6 is 15.9 Å². The molecule has 0 aromatic heterocycles. The van der Waals surface area contributed by atoms with Crippen molar-refractivity contribution in [3.63, 3.8) is 0 Å². The van der Waals surface area contributed by atoms with Crippen molar-refractivity contribution < 1.29 is 4.79 Å². The minimum atomic E-state index is -0.415. The molecule has 82 valence electrons. The van der Waals surface area contributed by atoms with E-state index in [0.717, 1.165) is 32.7 Å². The van der Waals surface area contributed by atoms with E-state index in [1.54, 1.807) is 0 Å². The molecular formula is C10H19BrN2O. The van der Waals surface area contributed by atoms with Gasteiger partial charge in [-0.05, 0) is 20.4 Å². The Balaban J connectivity index is 2.46. The van der Waals surface area contributed by atoms with Crippen LogP contribution in [0.15, 0.2) is 0 Å². The molecule has 1 amide bonds. The van der Waals surface area contributed by atoms with Crippen LogP contribution in [0.2, 0.25) is 0 Å². The molecule has 0 aromatic rings.